The molecule has 1 heterocycles. The summed E-state index contributed by atoms with van der Waals surface area (Å²) in [6, 6.07) is 19.5. The Morgan fingerprint density at radius 3 is 2.00 bits per heavy atom. The van der Waals surface area contributed by atoms with Gasteiger partial charge in [-0.25, -0.2) is 0 Å². The second-order valence-electron chi connectivity index (χ2n) is 5.52. The molecule has 2 aromatic carbocycles. The second kappa shape index (κ2) is 5.94. The molecular weight excluding hydrogens is 280 g/mol. The molecule has 1 aliphatic rings. The Bertz CT molecular complexity index is 651. The third kappa shape index (κ3) is 2.70. The van der Waals surface area contributed by atoms with Crippen LogP contribution in [0.1, 0.15) is 35.0 Å². The molecule has 21 heavy (non-hydrogen) atoms. The molecule has 108 valence electrons. The third-order valence-electron chi connectivity index (χ3n) is 4.18. The van der Waals surface area contributed by atoms with E-state index in [2.05, 4.69) is 0 Å². The van der Waals surface area contributed by atoms with E-state index in [1.165, 1.54) is 0 Å². The highest BCUT2D eigenvalue weighted by atomic mass is 32.2. The first-order valence-corrected chi connectivity index (χ1v) is 8.48. The van der Waals surface area contributed by atoms with Gasteiger partial charge in [-0.05, 0) is 11.1 Å². The predicted octanol–water partition coefficient (Wildman–Crippen LogP) is 3.83. The highest BCUT2D eigenvalue weighted by Gasteiger charge is 2.41. The van der Waals surface area contributed by atoms with E-state index in [-0.39, 0.29) is 22.2 Å². The van der Waals surface area contributed by atoms with Gasteiger partial charge in [0.1, 0.15) is 5.78 Å². The summed E-state index contributed by atoms with van der Waals surface area (Å²) >= 11 is 0. The Kier molecular flexibility index (Phi) is 4.02. The van der Waals surface area contributed by atoms with Crippen LogP contribution >= 0.6 is 0 Å². The Balaban J connectivity index is 2.00. The highest BCUT2D eigenvalue weighted by molar-refractivity contribution is 7.85. The van der Waals surface area contributed by atoms with Gasteiger partial charge in [0.15, 0.2) is 0 Å². The van der Waals surface area contributed by atoms with Crippen molar-refractivity contribution >= 4 is 16.6 Å². The van der Waals surface area contributed by atoms with Crippen LogP contribution in [0.5, 0.6) is 0 Å². The maximum atomic E-state index is 13.0. The molecule has 0 aromatic heterocycles. The van der Waals surface area contributed by atoms with Gasteiger partial charge < -0.3 is 0 Å². The van der Waals surface area contributed by atoms with Crippen molar-refractivity contribution in [3.63, 3.8) is 0 Å². The molecule has 0 aliphatic carbocycles. The van der Waals surface area contributed by atoms with Crippen molar-refractivity contribution in [1.29, 1.82) is 0 Å². The Morgan fingerprint density at radius 2 is 1.43 bits per heavy atom. The van der Waals surface area contributed by atoms with E-state index in [1.807, 2.05) is 67.6 Å². The molecule has 0 bridgehead atoms. The van der Waals surface area contributed by atoms with E-state index in [0.717, 1.165) is 11.1 Å². The summed E-state index contributed by atoms with van der Waals surface area (Å²) in [5, 5.41) is -0.405. The number of Topliss-reactive ketones (excluding diaryl/α,β-unsaturated/α-hetero) is 1. The van der Waals surface area contributed by atoms with Crippen LogP contribution < -0.4 is 0 Å². The van der Waals surface area contributed by atoms with E-state index in [1.54, 1.807) is 0 Å². The van der Waals surface area contributed by atoms with Gasteiger partial charge >= 0.3 is 0 Å². The lowest BCUT2D eigenvalue weighted by Crippen LogP contribution is -2.33. The summed E-state index contributed by atoms with van der Waals surface area (Å²) in [7, 11) is -1.09. The normalized spacial score (nSPS) is 29.3. The van der Waals surface area contributed by atoms with E-state index >= 15 is 0 Å². The summed E-state index contributed by atoms with van der Waals surface area (Å²) in [6.45, 7) is 1.90. The molecule has 2 nitrogen and oxygen atoms in total. The first-order valence-electron chi connectivity index (χ1n) is 7.20. The van der Waals surface area contributed by atoms with Crippen LogP contribution in [0.4, 0.5) is 0 Å². The van der Waals surface area contributed by atoms with Gasteiger partial charge in [0.05, 0.1) is 10.5 Å². The number of carbonyl (C=O) groups is 1. The monoisotopic (exact) mass is 298 g/mol. The molecule has 1 saturated heterocycles. The Labute approximate surface area is 127 Å². The highest BCUT2D eigenvalue weighted by Crippen LogP contribution is 2.43. The first kappa shape index (κ1) is 14.2. The quantitative estimate of drug-likeness (QED) is 0.844. The van der Waals surface area contributed by atoms with Crippen LogP contribution in [-0.4, -0.2) is 9.99 Å². The lowest BCUT2D eigenvalue weighted by atomic mass is 9.92. The van der Waals surface area contributed by atoms with E-state index in [0.29, 0.717) is 6.42 Å². The van der Waals surface area contributed by atoms with Crippen LogP contribution in [0.25, 0.3) is 0 Å². The first-order chi connectivity index (χ1) is 10.2. The van der Waals surface area contributed by atoms with Gasteiger partial charge in [-0.1, -0.05) is 67.6 Å². The molecular formula is C18H18O2S. The minimum Gasteiger partial charge on any atom is -0.299 e. The van der Waals surface area contributed by atoms with Gasteiger partial charge in [-0.2, -0.15) is 0 Å². The predicted molar refractivity (Wildman–Crippen MR) is 85.3 cm³/mol. The molecule has 0 radical (unpaired) electrons. The Hall–Kier alpha value is -1.74. The number of hydrogen-bond acceptors (Lipinski definition) is 2. The minimum absolute atomic E-state index is 0.187. The van der Waals surface area contributed by atoms with Crippen molar-refractivity contribution in [1.82, 2.24) is 0 Å². The number of ketones is 1. The molecule has 0 saturated carbocycles. The van der Waals surface area contributed by atoms with Crippen molar-refractivity contribution in [2.75, 3.05) is 0 Å². The summed E-state index contributed by atoms with van der Waals surface area (Å²) in [5.41, 5.74) is 1.99. The van der Waals surface area contributed by atoms with Crippen molar-refractivity contribution in [3.8, 4) is 0 Å². The number of rotatable bonds is 2. The van der Waals surface area contributed by atoms with Gasteiger partial charge in [0.25, 0.3) is 0 Å². The third-order valence-corrected chi connectivity index (χ3v) is 6.36. The van der Waals surface area contributed by atoms with Crippen molar-refractivity contribution in [3.05, 3.63) is 71.8 Å². The van der Waals surface area contributed by atoms with Crippen molar-refractivity contribution in [2.24, 2.45) is 5.92 Å². The lowest BCUT2D eigenvalue weighted by Gasteiger charge is -2.33. The summed E-state index contributed by atoms with van der Waals surface area (Å²) in [5.74, 6) is 0.0190. The molecule has 0 N–H and O–H groups in total. The lowest BCUT2D eigenvalue weighted by molar-refractivity contribution is -0.122. The molecule has 3 rings (SSSR count). The van der Waals surface area contributed by atoms with Crippen LogP contribution in [0.3, 0.4) is 0 Å². The van der Waals surface area contributed by atoms with Crippen molar-refractivity contribution in [2.45, 2.75) is 23.8 Å². The van der Waals surface area contributed by atoms with Gasteiger partial charge in [-0.15, -0.1) is 0 Å². The fraction of sp³-hybridized carbons (Fsp3) is 0.278. The molecule has 1 unspecified atom stereocenters. The molecule has 4 atom stereocenters. The zero-order valence-electron chi connectivity index (χ0n) is 11.9. The van der Waals surface area contributed by atoms with Crippen LogP contribution in [0.15, 0.2) is 60.7 Å². The molecule has 3 heteroatoms. The fourth-order valence-corrected chi connectivity index (χ4v) is 5.07. The maximum Gasteiger partial charge on any atom is 0.138 e. The zero-order chi connectivity index (χ0) is 14.8. The molecule has 1 fully saturated rings. The average Bonchev–Trinajstić information content (AvgIpc) is 2.53. The second-order valence-corrected chi connectivity index (χ2v) is 7.25. The van der Waals surface area contributed by atoms with Crippen LogP contribution in [0, 0.1) is 5.92 Å². The largest absolute Gasteiger partial charge is 0.299 e. The van der Waals surface area contributed by atoms with E-state index in [9.17, 15) is 9.00 Å². The molecule has 0 amide bonds. The average molecular weight is 298 g/mol. The van der Waals surface area contributed by atoms with Gasteiger partial charge in [0.2, 0.25) is 0 Å². The smallest absolute Gasteiger partial charge is 0.138 e. The van der Waals surface area contributed by atoms with Crippen LogP contribution in [-0.2, 0) is 15.6 Å². The fourth-order valence-electron chi connectivity index (χ4n) is 2.98. The molecule has 0 spiro atoms. The van der Waals surface area contributed by atoms with E-state index < -0.39 is 10.8 Å². The standard InChI is InChI=1S/C18H18O2S/c1-13-16(19)12-17(14-8-4-2-5-9-14)21(20)18(13)15-10-6-3-7-11-15/h2-11,13,17-18H,12H2,1H3/t13-,17+,18-,21?/m0/s1. The number of carbonyl (C=O) groups excluding carboxylic acids is 1. The maximum absolute atomic E-state index is 13.0. The topological polar surface area (TPSA) is 34.1 Å². The zero-order valence-corrected chi connectivity index (χ0v) is 12.8. The summed E-state index contributed by atoms with van der Waals surface area (Å²) in [4.78, 5) is 12.4. The number of benzene rings is 2. The molecule has 1 aliphatic heterocycles. The van der Waals surface area contributed by atoms with Gasteiger partial charge in [-0.3, -0.25) is 9.00 Å². The summed E-state index contributed by atoms with van der Waals surface area (Å²) < 4.78 is 13.0. The van der Waals surface area contributed by atoms with E-state index in [4.69, 9.17) is 0 Å². The van der Waals surface area contributed by atoms with Crippen LogP contribution in [0.2, 0.25) is 0 Å². The van der Waals surface area contributed by atoms with Crippen molar-refractivity contribution < 1.29 is 9.00 Å². The summed E-state index contributed by atoms with van der Waals surface area (Å²) in [6.07, 6.45) is 0.376. The SMILES string of the molecule is C[C@H]1C(=O)C[C@H](c2ccccc2)S(=O)[C@@H]1c1ccccc1. The minimum atomic E-state index is -1.09. The van der Waals surface area contributed by atoms with Gasteiger partial charge in [0, 0.05) is 23.1 Å². The molecule has 2 aromatic rings. The Morgan fingerprint density at radius 1 is 0.905 bits per heavy atom. The number of hydrogen-bond donors (Lipinski definition) is 0.